The quantitative estimate of drug-likeness (QED) is 0.447. The molecule has 0 atom stereocenters. The zero-order chi connectivity index (χ0) is 17.6. The van der Waals surface area contributed by atoms with E-state index in [1.165, 1.54) is 12.1 Å². The summed E-state index contributed by atoms with van der Waals surface area (Å²) in [5.41, 5.74) is 1.38. The molecule has 128 valence electrons. The standard InChI is InChI=1S/C20H18FNO3/c1-2-3-10-24-17-9-4-6-14(11-17)12-18-20(23)25-19(22-18)15-7-5-8-16(21)13-15/h4-9,11-13H,2-3,10H2,1H3/b18-12-. The van der Waals surface area contributed by atoms with Gasteiger partial charge in [0.1, 0.15) is 11.6 Å². The fourth-order valence-corrected chi connectivity index (χ4v) is 2.34. The molecule has 0 radical (unpaired) electrons. The van der Waals surface area contributed by atoms with Crippen molar-refractivity contribution >= 4 is 17.9 Å². The summed E-state index contributed by atoms with van der Waals surface area (Å²) in [6.07, 6.45) is 3.67. The van der Waals surface area contributed by atoms with Crippen LogP contribution >= 0.6 is 0 Å². The predicted molar refractivity (Wildman–Crippen MR) is 93.9 cm³/mol. The molecule has 25 heavy (non-hydrogen) atoms. The van der Waals surface area contributed by atoms with Crippen molar-refractivity contribution in [2.45, 2.75) is 19.8 Å². The van der Waals surface area contributed by atoms with Crippen molar-refractivity contribution in [3.05, 3.63) is 71.2 Å². The summed E-state index contributed by atoms with van der Waals surface area (Å²) in [7, 11) is 0. The van der Waals surface area contributed by atoms with Gasteiger partial charge in [-0.05, 0) is 48.4 Å². The van der Waals surface area contributed by atoms with Crippen LogP contribution in [0.1, 0.15) is 30.9 Å². The summed E-state index contributed by atoms with van der Waals surface area (Å²) < 4.78 is 24.1. The minimum Gasteiger partial charge on any atom is -0.494 e. The monoisotopic (exact) mass is 339 g/mol. The Morgan fingerprint density at radius 1 is 1.20 bits per heavy atom. The smallest absolute Gasteiger partial charge is 0.363 e. The van der Waals surface area contributed by atoms with E-state index in [4.69, 9.17) is 9.47 Å². The molecule has 1 aliphatic rings. The summed E-state index contributed by atoms with van der Waals surface area (Å²) in [4.78, 5) is 16.2. The van der Waals surface area contributed by atoms with Gasteiger partial charge in [-0.1, -0.05) is 31.5 Å². The molecule has 5 heteroatoms. The molecule has 0 unspecified atom stereocenters. The molecule has 0 saturated carbocycles. The SMILES string of the molecule is CCCCOc1cccc(/C=C2\N=C(c3cccc(F)c3)OC2=O)c1. The van der Waals surface area contributed by atoms with E-state index in [2.05, 4.69) is 11.9 Å². The first kappa shape index (κ1) is 16.9. The Hall–Kier alpha value is -2.95. The first-order chi connectivity index (χ1) is 12.2. The average molecular weight is 339 g/mol. The Morgan fingerprint density at radius 3 is 2.84 bits per heavy atom. The third-order valence-corrected chi connectivity index (χ3v) is 3.62. The molecular formula is C20H18FNO3. The van der Waals surface area contributed by atoms with E-state index in [0.717, 1.165) is 24.2 Å². The molecule has 0 N–H and O–H groups in total. The van der Waals surface area contributed by atoms with Gasteiger partial charge in [0.25, 0.3) is 0 Å². The van der Waals surface area contributed by atoms with Crippen molar-refractivity contribution in [2.75, 3.05) is 6.61 Å². The molecule has 4 nitrogen and oxygen atoms in total. The summed E-state index contributed by atoms with van der Waals surface area (Å²) >= 11 is 0. The van der Waals surface area contributed by atoms with Gasteiger partial charge in [0, 0.05) is 5.56 Å². The molecule has 1 heterocycles. The zero-order valence-corrected chi connectivity index (χ0v) is 13.9. The fourth-order valence-electron chi connectivity index (χ4n) is 2.34. The topological polar surface area (TPSA) is 47.9 Å². The Morgan fingerprint density at radius 2 is 2.04 bits per heavy atom. The number of benzene rings is 2. The minimum atomic E-state index is -0.559. The normalized spacial score (nSPS) is 15.2. The first-order valence-electron chi connectivity index (χ1n) is 8.17. The minimum absolute atomic E-state index is 0.103. The highest BCUT2D eigenvalue weighted by Gasteiger charge is 2.24. The second kappa shape index (κ2) is 7.75. The van der Waals surface area contributed by atoms with Gasteiger partial charge in [0.2, 0.25) is 5.90 Å². The number of rotatable bonds is 6. The molecule has 0 fully saturated rings. The lowest BCUT2D eigenvalue weighted by Crippen LogP contribution is -2.05. The van der Waals surface area contributed by atoms with Crippen molar-refractivity contribution in [3.63, 3.8) is 0 Å². The van der Waals surface area contributed by atoms with Crippen LogP contribution in [-0.2, 0) is 9.53 Å². The van der Waals surface area contributed by atoms with Crippen LogP contribution < -0.4 is 4.74 Å². The van der Waals surface area contributed by atoms with Gasteiger partial charge in [-0.15, -0.1) is 0 Å². The van der Waals surface area contributed by atoms with E-state index >= 15 is 0 Å². The lowest BCUT2D eigenvalue weighted by Gasteiger charge is -2.05. The van der Waals surface area contributed by atoms with Gasteiger partial charge >= 0.3 is 5.97 Å². The molecule has 0 amide bonds. The maximum atomic E-state index is 13.3. The number of ether oxygens (including phenoxy) is 2. The van der Waals surface area contributed by atoms with Crippen LogP contribution in [0.25, 0.3) is 6.08 Å². The molecule has 0 aliphatic carbocycles. The molecule has 3 rings (SSSR count). The molecule has 0 saturated heterocycles. The highest BCUT2D eigenvalue weighted by atomic mass is 19.1. The number of halogens is 1. The highest BCUT2D eigenvalue weighted by Crippen LogP contribution is 2.21. The van der Waals surface area contributed by atoms with Gasteiger partial charge in [0.15, 0.2) is 5.70 Å². The van der Waals surface area contributed by atoms with Gasteiger partial charge in [-0.25, -0.2) is 14.2 Å². The molecule has 0 aromatic heterocycles. The molecule has 2 aromatic carbocycles. The Balaban J connectivity index is 1.81. The largest absolute Gasteiger partial charge is 0.494 e. The van der Waals surface area contributed by atoms with Crippen LogP contribution in [0, 0.1) is 5.82 Å². The Labute approximate surface area is 145 Å². The second-order valence-corrected chi connectivity index (χ2v) is 5.62. The number of carbonyl (C=O) groups excluding carboxylic acids is 1. The number of unbranched alkanes of at least 4 members (excludes halogenated alkanes) is 1. The average Bonchev–Trinajstić information content (AvgIpc) is 2.96. The highest BCUT2D eigenvalue weighted by molar-refractivity contribution is 6.12. The van der Waals surface area contributed by atoms with Crippen LogP contribution in [0.5, 0.6) is 5.75 Å². The molecular weight excluding hydrogens is 321 g/mol. The number of nitrogens with zero attached hydrogens (tertiary/aromatic N) is 1. The Kier molecular flexibility index (Phi) is 5.23. The second-order valence-electron chi connectivity index (χ2n) is 5.62. The molecule has 0 bridgehead atoms. The van der Waals surface area contributed by atoms with Gasteiger partial charge in [-0.2, -0.15) is 0 Å². The number of cyclic esters (lactones) is 1. The van der Waals surface area contributed by atoms with E-state index in [9.17, 15) is 9.18 Å². The van der Waals surface area contributed by atoms with Crippen molar-refractivity contribution in [2.24, 2.45) is 4.99 Å². The van der Waals surface area contributed by atoms with Crippen molar-refractivity contribution in [1.82, 2.24) is 0 Å². The lowest BCUT2D eigenvalue weighted by molar-refractivity contribution is -0.129. The number of hydrogen-bond donors (Lipinski definition) is 0. The van der Waals surface area contributed by atoms with Crippen molar-refractivity contribution in [1.29, 1.82) is 0 Å². The van der Waals surface area contributed by atoms with E-state index in [1.807, 2.05) is 24.3 Å². The van der Waals surface area contributed by atoms with E-state index < -0.39 is 11.8 Å². The van der Waals surface area contributed by atoms with E-state index in [-0.39, 0.29) is 11.6 Å². The molecule has 0 spiro atoms. The third kappa shape index (κ3) is 4.32. The maximum Gasteiger partial charge on any atom is 0.363 e. The van der Waals surface area contributed by atoms with E-state index in [1.54, 1.807) is 18.2 Å². The fraction of sp³-hybridized carbons (Fsp3) is 0.200. The summed E-state index contributed by atoms with van der Waals surface area (Å²) in [5, 5.41) is 0. The summed E-state index contributed by atoms with van der Waals surface area (Å²) in [5.74, 6) is -0.128. The van der Waals surface area contributed by atoms with Crippen molar-refractivity contribution < 1.29 is 18.7 Å². The molecule has 2 aromatic rings. The lowest BCUT2D eigenvalue weighted by atomic mass is 10.2. The van der Waals surface area contributed by atoms with Gasteiger partial charge in [-0.3, -0.25) is 0 Å². The van der Waals surface area contributed by atoms with Gasteiger partial charge in [0.05, 0.1) is 6.61 Å². The first-order valence-corrected chi connectivity index (χ1v) is 8.17. The molecule has 1 aliphatic heterocycles. The van der Waals surface area contributed by atoms with Crippen LogP contribution in [-0.4, -0.2) is 18.5 Å². The third-order valence-electron chi connectivity index (χ3n) is 3.62. The van der Waals surface area contributed by atoms with Crippen LogP contribution in [0.15, 0.2) is 59.2 Å². The summed E-state index contributed by atoms with van der Waals surface area (Å²) in [6.45, 7) is 2.75. The number of esters is 1. The van der Waals surface area contributed by atoms with Crippen LogP contribution in [0.2, 0.25) is 0 Å². The van der Waals surface area contributed by atoms with Crippen molar-refractivity contribution in [3.8, 4) is 5.75 Å². The Bertz CT molecular complexity index is 842. The zero-order valence-electron chi connectivity index (χ0n) is 13.9. The number of hydrogen-bond acceptors (Lipinski definition) is 4. The number of carbonyl (C=O) groups is 1. The van der Waals surface area contributed by atoms with Crippen LogP contribution in [0.3, 0.4) is 0 Å². The van der Waals surface area contributed by atoms with Gasteiger partial charge < -0.3 is 9.47 Å². The predicted octanol–water partition coefficient (Wildman–Crippen LogP) is 4.35. The summed E-state index contributed by atoms with van der Waals surface area (Å²) in [6, 6.07) is 13.2. The maximum absolute atomic E-state index is 13.3. The van der Waals surface area contributed by atoms with E-state index in [0.29, 0.717) is 12.2 Å². The van der Waals surface area contributed by atoms with Crippen LogP contribution in [0.4, 0.5) is 4.39 Å². The number of aliphatic imine (C=N–C) groups is 1.